The summed E-state index contributed by atoms with van der Waals surface area (Å²) in [4.78, 5) is 45.0. The van der Waals surface area contributed by atoms with Crippen molar-refractivity contribution in [3.05, 3.63) is 52.4 Å². The summed E-state index contributed by atoms with van der Waals surface area (Å²) >= 11 is 3.48. The summed E-state index contributed by atoms with van der Waals surface area (Å²) in [6.07, 6.45) is 2.63. The molecule has 0 saturated carbocycles. The zero-order valence-electron chi connectivity index (χ0n) is 28.2. The molecule has 8 rings (SSSR count). The van der Waals surface area contributed by atoms with E-state index in [2.05, 4.69) is 20.9 Å². The molecular formula is C36H41BrFN5O6. The number of hydrogen-bond donors (Lipinski definition) is 0. The number of carbonyl (C=O) groups is 2. The highest BCUT2D eigenvalue weighted by molar-refractivity contribution is 9.10. The second-order valence-electron chi connectivity index (χ2n) is 14.2. The van der Waals surface area contributed by atoms with Crippen molar-refractivity contribution in [3.63, 3.8) is 0 Å². The standard InChI is InChI=1S/C36H41BrFN5O6/c1-21-19-42-13-12-36(21,38)25-16-22(37)18-39-33(25)47-23-17-26(34(45)49-35(2,3)4)43(20-23)32-31-30(24-8-5-6-9-27(24)48-31)40-28(41-32)11-15-46-14-7-10-29(42)44/h5-6,8-9,16,18,21,23,26H,7,10-15,17,19-20H2,1-4H3/t21-,23-,26-,36+/m0/s1. The van der Waals surface area contributed by atoms with Crippen molar-refractivity contribution in [1.82, 2.24) is 19.9 Å². The van der Waals surface area contributed by atoms with Crippen LogP contribution >= 0.6 is 15.9 Å². The number of hydrogen-bond acceptors (Lipinski definition) is 10. The van der Waals surface area contributed by atoms with Gasteiger partial charge in [0.15, 0.2) is 11.4 Å². The number of para-hydroxylation sites is 1. The smallest absolute Gasteiger partial charge is 0.329 e. The average molecular weight is 739 g/mol. The number of amides is 1. The Kier molecular flexibility index (Phi) is 9.01. The minimum atomic E-state index is -1.79. The van der Waals surface area contributed by atoms with Crippen LogP contribution < -0.4 is 9.64 Å². The van der Waals surface area contributed by atoms with Crippen molar-refractivity contribution in [2.45, 2.75) is 83.2 Å². The Labute approximate surface area is 292 Å². The van der Waals surface area contributed by atoms with Crippen molar-refractivity contribution >= 4 is 55.7 Å². The first-order valence-corrected chi connectivity index (χ1v) is 17.7. The van der Waals surface area contributed by atoms with E-state index in [0.717, 1.165) is 5.39 Å². The first-order chi connectivity index (χ1) is 23.4. The van der Waals surface area contributed by atoms with Crippen LogP contribution in [-0.4, -0.2) is 82.3 Å². The minimum absolute atomic E-state index is 0.0137. The van der Waals surface area contributed by atoms with Gasteiger partial charge in [0.2, 0.25) is 11.8 Å². The monoisotopic (exact) mass is 737 g/mol. The van der Waals surface area contributed by atoms with Gasteiger partial charge in [0, 0.05) is 67.4 Å². The molecule has 0 radical (unpaired) electrons. The van der Waals surface area contributed by atoms with Gasteiger partial charge in [-0.15, -0.1) is 0 Å². The number of furan rings is 1. The highest BCUT2D eigenvalue weighted by atomic mass is 79.9. The Morgan fingerprint density at radius 3 is 2.76 bits per heavy atom. The summed E-state index contributed by atoms with van der Waals surface area (Å²) in [5, 5.41) is 0.827. The predicted octanol–water partition coefficient (Wildman–Crippen LogP) is 6.29. The number of carbonyl (C=O) groups excluding carboxylic acids is 2. The zero-order valence-corrected chi connectivity index (χ0v) is 29.8. The molecule has 6 bridgehead atoms. The van der Waals surface area contributed by atoms with E-state index < -0.39 is 35.3 Å². The normalized spacial score (nSPS) is 25.3. The number of pyridine rings is 1. The number of nitrogens with zero attached hydrogens (tertiary/aromatic N) is 5. The summed E-state index contributed by atoms with van der Waals surface area (Å²) in [6.45, 7) is 8.84. The third-order valence-electron chi connectivity index (χ3n) is 9.53. The summed E-state index contributed by atoms with van der Waals surface area (Å²) in [7, 11) is 0. The molecular weight excluding hydrogens is 697 g/mol. The average Bonchev–Trinajstić information content (AvgIpc) is 3.65. The SMILES string of the molecule is C[C@H]1CN2CC[C@]1(F)c1cc(Br)cnc1O[C@H]1C[C@@H](C(=O)OC(C)(C)C)N(C1)c1nc(nc3c1oc1ccccc13)CCOCCCC2=O. The Balaban J connectivity index is 1.33. The lowest BCUT2D eigenvalue weighted by molar-refractivity contribution is -0.156. The van der Waals surface area contributed by atoms with Gasteiger partial charge in [-0.25, -0.2) is 24.1 Å². The van der Waals surface area contributed by atoms with Crippen LogP contribution in [0.3, 0.4) is 0 Å². The molecule has 4 aliphatic rings. The number of anilines is 1. The molecule has 2 fully saturated rings. The van der Waals surface area contributed by atoms with Gasteiger partial charge in [-0.2, -0.15) is 0 Å². The molecule has 0 unspecified atom stereocenters. The third-order valence-corrected chi connectivity index (χ3v) is 9.96. The first kappa shape index (κ1) is 33.6. The van der Waals surface area contributed by atoms with E-state index in [1.54, 1.807) is 17.2 Å². The number of fused-ring (bicyclic) bond motifs is 11. The summed E-state index contributed by atoms with van der Waals surface area (Å²) in [6, 6.07) is 8.57. The maximum atomic E-state index is 17.2. The molecule has 260 valence electrons. The quantitative estimate of drug-likeness (QED) is 0.206. The molecule has 13 heteroatoms. The lowest BCUT2D eigenvalue weighted by Gasteiger charge is -2.42. The molecule has 49 heavy (non-hydrogen) atoms. The van der Waals surface area contributed by atoms with Crippen molar-refractivity contribution in [2.75, 3.05) is 37.7 Å². The number of rotatable bonds is 1. The molecule has 7 heterocycles. The summed E-state index contributed by atoms with van der Waals surface area (Å²) in [5.74, 6) is 0.184. The van der Waals surface area contributed by atoms with Gasteiger partial charge in [0.1, 0.15) is 40.3 Å². The largest absolute Gasteiger partial charge is 0.472 e. The lowest BCUT2D eigenvalue weighted by Crippen LogP contribution is -2.49. The highest BCUT2D eigenvalue weighted by Crippen LogP contribution is 2.46. The second kappa shape index (κ2) is 13.1. The van der Waals surface area contributed by atoms with Gasteiger partial charge < -0.3 is 28.4 Å². The molecule has 3 aromatic heterocycles. The van der Waals surface area contributed by atoms with E-state index in [1.165, 1.54) is 0 Å². The van der Waals surface area contributed by atoms with E-state index in [1.807, 2.05) is 56.9 Å². The fourth-order valence-electron chi connectivity index (χ4n) is 7.10. The van der Waals surface area contributed by atoms with Gasteiger partial charge >= 0.3 is 5.97 Å². The fourth-order valence-corrected chi connectivity index (χ4v) is 7.43. The van der Waals surface area contributed by atoms with Crippen LogP contribution in [0.2, 0.25) is 0 Å². The van der Waals surface area contributed by atoms with E-state index in [0.29, 0.717) is 70.8 Å². The predicted molar refractivity (Wildman–Crippen MR) is 184 cm³/mol. The number of ether oxygens (including phenoxy) is 3. The van der Waals surface area contributed by atoms with Crippen LogP contribution in [0.1, 0.15) is 64.8 Å². The van der Waals surface area contributed by atoms with E-state index in [-0.39, 0.29) is 44.3 Å². The van der Waals surface area contributed by atoms with Gasteiger partial charge in [0.25, 0.3) is 0 Å². The van der Waals surface area contributed by atoms with Gasteiger partial charge in [-0.3, -0.25) is 4.79 Å². The molecule has 4 aromatic rings. The molecule has 1 amide bonds. The molecule has 0 spiro atoms. The number of esters is 1. The molecule has 0 aliphatic carbocycles. The number of alkyl halides is 1. The fraction of sp³-hybridized carbons (Fsp3) is 0.528. The topological polar surface area (TPSA) is 120 Å². The van der Waals surface area contributed by atoms with Gasteiger partial charge in [-0.1, -0.05) is 19.1 Å². The lowest BCUT2D eigenvalue weighted by atomic mass is 9.78. The van der Waals surface area contributed by atoms with E-state index in [4.69, 9.17) is 28.6 Å². The van der Waals surface area contributed by atoms with Crippen molar-refractivity contribution in [3.8, 4) is 5.88 Å². The zero-order chi connectivity index (χ0) is 34.5. The number of halogens is 2. The molecule has 2 saturated heterocycles. The minimum Gasteiger partial charge on any atom is -0.472 e. The molecule has 11 nitrogen and oxygen atoms in total. The Hall–Kier alpha value is -3.84. The second-order valence-corrected chi connectivity index (χ2v) is 15.2. The van der Waals surface area contributed by atoms with Crippen LogP contribution in [0.5, 0.6) is 5.88 Å². The van der Waals surface area contributed by atoms with Crippen molar-refractivity contribution < 1.29 is 32.6 Å². The molecule has 0 N–H and O–H groups in total. The van der Waals surface area contributed by atoms with Crippen LogP contribution in [0, 0.1) is 5.92 Å². The van der Waals surface area contributed by atoms with Crippen LogP contribution in [-0.2, 0) is 31.2 Å². The molecule has 4 atom stereocenters. The Morgan fingerprint density at radius 1 is 1.14 bits per heavy atom. The number of piperidine rings is 1. The number of benzene rings is 1. The Morgan fingerprint density at radius 2 is 1.96 bits per heavy atom. The van der Waals surface area contributed by atoms with Crippen LogP contribution in [0.25, 0.3) is 22.1 Å². The molecule has 4 aliphatic heterocycles. The van der Waals surface area contributed by atoms with Crippen molar-refractivity contribution in [1.29, 1.82) is 0 Å². The van der Waals surface area contributed by atoms with Crippen LogP contribution in [0.15, 0.2) is 45.4 Å². The highest BCUT2D eigenvalue weighted by Gasteiger charge is 2.48. The van der Waals surface area contributed by atoms with E-state index >= 15 is 4.39 Å². The maximum Gasteiger partial charge on any atom is 0.329 e. The van der Waals surface area contributed by atoms with E-state index in [9.17, 15) is 9.59 Å². The first-order valence-electron chi connectivity index (χ1n) is 16.9. The summed E-state index contributed by atoms with van der Waals surface area (Å²) in [5.41, 5.74) is -0.480. The van der Waals surface area contributed by atoms with Gasteiger partial charge in [0.05, 0.1) is 18.7 Å². The van der Waals surface area contributed by atoms with Gasteiger partial charge in [-0.05, 0) is 61.3 Å². The summed E-state index contributed by atoms with van der Waals surface area (Å²) < 4.78 is 42.6. The number of aromatic nitrogens is 3. The van der Waals surface area contributed by atoms with Crippen molar-refractivity contribution in [2.24, 2.45) is 5.92 Å². The molecule has 1 aromatic carbocycles. The Bertz CT molecular complexity index is 1900. The maximum absolute atomic E-state index is 17.2. The van der Waals surface area contributed by atoms with Crippen LogP contribution in [0.4, 0.5) is 10.2 Å². The third kappa shape index (κ3) is 6.71.